The maximum Gasteiger partial charge on any atom is 0.322 e. The smallest absolute Gasteiger partial charge is 0.322 e. The first-order valence-corrected chi connectivity index (χ1v) is 5.71. The second-order valence-electron chi connectivity index (χ2n) is 4.28. The lowest BCUT2D eigenvalue weighted by Gasteiger charge is -2.17. The molecule has 0 bridgehead atoms. The van der Waals surface area contributed by atoms with Gasteiger partial charge in [-0.2, -0.15) is 0 Å². The first-order valence-electron chi connectivity index (χ1n) is 5.71. The monoisotopic (exact) mass is 266 g/mol. The fourth-order valence-corrected chi connectivity index (χ4v) is 1.89. The van der Waals surface area contributed by atoms with E-state index < -0.39 is 29.5 Å². The number of hydrogen-bond donors (Lipinski definition) is 2. The molecule has 2 rings (SSSR count). The van der Waals surface area contributed by atoms with E-state index in [1.165, 1.54) is 4.90 Å². The van der Waals surface area contributed by atoms with Crippen LogP contribution in [-0.2, 0) is 0 Å². The van der Waals surface area contributed by atoms with Gasteiger partial charge >= 0.3 is 6.03 Å². The van der Waals surface area contributed by atoms with Crippen molar-refractivity contribution in [3.8, 4) is 12.3 Å². The van der Waals surface area contributed by atoms with Gasteiger partial charge in [-0.15, -0.1) is 6.42 Å². The molecule has 0 aromatic heterocycles. The summed E-state index contributed by atoms with van der Waals surface area (Å²) in [6, 6.07) is 1.29. The molecule has 1 fully saturated rings. The van der Waals surface area contributed by atoms with E-state index in [0.29, 0.717) is 13.0 Å². The number of β-amino-alcohol motifs (C(OH)–C–C–N with tert-alkyl or cyclic N) is 1. The van der Waals surface area contributed by atoms with Crippen LogP contribution in [0, 0.1) is 24.0 Å². The van der Waals surface area contributed by atoms with Gasteiger partial charge in [0.15, 0.2) is 11.6 Å². The molecule has 2 N–H and O–H groups in total. The molecular formula is C13H12F2N2O2. The minimum absolute atomic E-state index is 0.0598. The average molecular weight is 266 g/mol. The van der Waals surface area contributed by atoms with Crippen molar-refractivity contribution in [1.82, 2.24) is 4.90 Å². The summed E-state index contributed by atoms with van der Waals surface area (Å²) in [5.74, 6) is 0.255. The van der Waals surface area contributed by atoms with Gasteiger partial charge in [-0.3, -0.25) is 0 Å². The Hall–Kier alpha value is -2.13. The lowest BCUT2D eigenvalue weighted by molar-refractivity contribution is 0.176. The van der Waals surface area contributed by atoms with Crippen molar-refractivity contribution in [2.24, 2.45) is 0 Å². The first kappa shape index (κ1) is 13.3. The van der Waals surface area contributed by atoms with Crippen LogP contribution in [0.15, 0.2) is 12.1 Å². The molecule has 1 heterocycles. The van der Waals surface area contributed by atoms with E-state index in [1.807, 2.05) is 0 Å². The highest BCUT2D eigenvalue weighted by atomic mass is 19.1. The minimum atomic E-state index is -0.930. The molecule has 1 aliphatic rings. The van der Waals surface area contributed by atoms with E-state index >= 15 is 0 Å². The summed E-state index contributed by atoms with van der Waals surface area (Å²) in [6.07, 6.45) is 4.91. The van der Waals surface area contributed by atoms with E-state index in [2.05, 4.69) is 11.2 Å². The SMILES string of the molecule is C#Cc1cc(F)c(NC(=O)N2CC[C@H](O)C2)c(F)c1. The average Bonchev–Trinajstić information content (AvgIpc) is 2.80. The Bertz CT molecular complexity index is 531. The Labute approximate surface area is 109 Å². The zero-order chi connectivity index (χ0) is 14.0. The molecule has 0 saturated carbocycles. The number of halogens is 2. The summed E-state index contributed by atoms with van der Waals surface area (Å²) < 4.78 is 27.2. The van der Waals surface area contributed by atoms with E-state index in [9.17, 15) is 18.7 Å². The predicted octanol–water partition coefficient (Wildman–Crippen LogP) is 1.54. The van der Waals surface area contributed by atoms with Gasteiger partial charge in [0.2, 0.25) is 0 Å². The lowest BCUT2D eigenvalue weighted by Crippen LogP contribution is -2.34. The lowest BCUT2D eigenvalue weighted by atomic mass is 10.2. The molecular weight excluding hydrogens is 254 g/mol. The van der Waals surface area contributed by atoms with E-state index in [-0.39, 0.29) is 12.1 Å². The number of terminal acetylenes is 1. The molecule has 0 radical (unpaired) electrons. The normalized spacial score (nSPS) is 18.2. The van der Waals surface area contributed by atoms with Crippen LogP contribution in [0.3, 0.4) is 0 Å². The van der Waals surface area contributed by atoms with Crippen LogP contribution in [0.2, 0.25) is 0 Å². The molecule has 1 aliphatic heterocycles. The maximum absolute atomic E-state index is 13.6. The van der Waals surface area contributed by atoms with Crippen molar-refractivity contribution in [2.75, 3.05) is 18.4 Å². The second-order valence-corrected chi connectivity index (χ2v) is 4.28. The summed E-state index contributed by atoms with van der Waals surface area (Å²) in [6.45, 7) is 0.496. The molecule has 0 unspecified atom stereocenters. The first-order chi connectivity index (χ1) is 9.01. The largest absolute Gasteiger partial charge is 0.391 e. The van der Waals surface area contributed by atoms with Gasteiger partial charge in [0.1, 0.15) is 5.69 Å². The van der Waals surface area contributed by atoms with Crippen molar-refractivity contribution in [2.45, 2.75) is 12.5 Å². The van der Waals surface area contributed by atoms with Gasteiger partial charge < -0.3 is 15.3 Å². The minimum Gasteiger partial charge on any atom is -0.391 e. The highest BCUT2D eigenvalue weighted by Crippen LogP contribution is 2.21. The summed E-state index contributed by atoms with van der Waals surface area (Å²) in [7, 11) is 0. The Balaban J connectivity index is 2.15. The highest BCUT2D eigenvalue weighted by Gasteiger charge is 2.25. The van der Waals surface area contributed by atoms with Gasteiger partial charge in [-0.25, -0.2) is 13.6 Å². The Kier molecular flexibility index (Phi) is 3.67. The number of urea groups is 1. The third-order valence-corrected chi connectivity index (χ3v) is 2.89. The van der Waals surface area contributed by atoms with Crippen molar-refractivity contribution >= 4 is 11.7 Å². The Morgan fingerprint density at radius 2 is 2.11 bits per heavy atom. The van der Waals surface area contributed by atoms with Crippen LogP contribution in [0.5, 0.6) is 0 Å². The van der Waals surface area contributed by atoms with Crippen molar-refractivity contribution in [3.63, 3.8) is 0 Å². The molecule has 100 valence electrons. The number of hydrogen-bond acceptors (Lipinski definition) is 2. The molecule has 4 nitrogen and oxygen atoms in total. The van der Waals surface area contributed by atoms with Gasteiger partial charge in [-0.1, -0.05) is 5.92 Å². The Morgan fingerprint density at radius 1 is 1.47 bits per heavy atom. The number of anilines is 1. The number of rotatable bonds is 1. The van der Waals surface area contributed by atoms with Crippen LogP contribution in [0.1, 0.15) is 12.0 Å². The fourth-order valence-electron chi connectivity index (χ4n) is 1.89. The van der Waals surface area contributed by atoms with Crippen molar-refractivity contribution in [1.29, 1.82) is 0 Å². The molecule has 6 heteroatoms. The molecule has 2 amide bonds. The van der Waals surface area contributed by atoms with E-state index in [1.54, 1.807) is 0 Å². The summed E-state index contributed by atoms with van der Waals surface area (Å²) in [5.41, 5.74) is -0.477. The van der Waals surface area contributed by atoms with Gasteiger partial charge in [-0.05, 0) is 18.6 Å². The van der Waals surface area contributed by atoms with Crippen LogP contribution in [0.25, 0.3) is 0 Å². The van der Waals surface area contributed by atoms with Crippen LogP contribution < -0.4 is 5.32 Å². The fraction of sp³-hybridized carbons (Fsp3) is 0.308. The molecule has 19 heavy (non-hydrogen) atoms. The van der Waals surface area contributed by atoms with Crippen molar-refractivity contribution < 1.29 is 18.7 Å². The number of aliphatic hydroxyl groups is 1. The second kappa shape index (κ2) is 5.24. The maximum atomic E-state index is 13.6. The number of nitrogens with zero attached hydrogens (tertiary/aromatic N) is 1. The third-order valence-electron chi connectivity index (χ3n) is 2.89. The number of amides is 2. The van der Waals surface area contributed by atoms with Crippen LogP contribution >= 0.6 is 0 Å². The summed E-state index contributed by atoms with van der Waals surface area (Å²) in [4.78, 5) is 13.0. The van der Waals surface area contributed by atoms with E-state index in [0.717, 1.165) is 12.1 Å². The molecule has 1 aromatic carbocycles. The number of carbonyl (C=O) groups is 1. The van der Waals surface area contributed by atoms with E-state index in [4.69, 9.17) is 6.42 Å². The molecule has 0 aliphatic carbocycles. The van der Waals surface area contributed by atoms with Crippen molar-refractivity contribution in [3.05, 3.63) is 29.3 Å². The van der Waals surface area contributed by atoms with Crippen LogP contribution in [-0.4, -0.2) is 35.2 Å². The highest BCUT2D eigenvalue weighted by molar-refractivity contribution is 5.89. The van der Waals surface area contributed by atoms with Crippen LogP contribution in [0.4, 0.5) is 19.3 Å². The standard InChI is InChI=1S/C13H12F2N2O2/c1-2-8-5-10(14)12(11(15)6-8)16-13(19)17-4-3-9(18)7-17/h1,5-6,9,18H,3-4,7H2,(H,16,19)/t9-/m0/s1. The van der Waals surface area contributed by atoms with Gasteiger partial charge in [0, 0.05) is 18.7 Å². The summed E-state index contributed by atoms with van der Waals surface area (Å²) in [5, 5.41) is 11.4. The summed E-state index contributed by atoms with van der Waals surface area (Å²) >= 11 is 0. The molecule has 1 saturated heterocycles. The zero-order valence-electron chi connectivity index (χ0n) is 9.99. The Morgan fingerprint density at radius 3 is 2.58 bits per heavy atom. The molecule has 1 atom stereocenters. The quantitative estimate of drug-likeness (QED) is 0.758. The van der Waals surface area contributed by atoms with Gasteiger partial charge in [0.05, 0.1) is 6.10 Å². The topological polar surface area (TPSA) is 52.6 Å². The predicted molar refractivity (Wildman–Crippen MR) is 65.5 cm³/mol. The number of carbonyl (C=O) groups excluding carboxylic acids is 1. The van der Waals surface area contributed by atoms with Gasteiger partial charge in [0.25, 0.3) is 0 Å². The number of likely N-dealkylation sites (tertiary alicyclic amines) is 1. The molecule has 0 spiro atoms. The third kappa shape index (κ3) is 2.83. The number of aliphatic hydroxyl groups excluding tert-OH is 1. The zero-order valence-corrected chi connectivity index (χ0v) is 9.99. The number of benzene rings is 1. The molecule has 1 aromatic rings. The number of nitrogens with one attached hydrogen (secondary N) is 1.